The van der Waals surface area contributed by atoms with Crippen LogP contribution in [0, 0.1) is 0 Å². The average Bonchev–Trinajstić information content (AvgIpc) is 2.88. The number of aryl methyl sites for hydroxylation is 1. The van der Waals surface area contributed by atoms with Crippen LogP contribution in [0.4, 0.5) is 0 Å². The summed E-state index contributed by atoms with van der Waals surface area (Å²) in [5.74, 6) is 1.46. The number of hydrogen-bond donors (Lipinski definition) is 2. The maximum Gasteiger partial charge on any atom is 0.247 e. The molecule has 1 heterocycles. The largest absolute Gasteiger partial charge is 0.504 e. The standard InChI is InChI=1S/C13H17N3O3/c1-14-7-3-4-12-15-16-13(19-12)9-5-6-11(18-2)10(17)8-9/h5-6,8,14,17H,3-4,7H2,1-2H3. The summed E-state index contributed by atoms with van der Waals surface area (Å²) in [7, 11) is 3.40. The lowest BCUT2D eigenvalue weighted by Crippen LogP contribution is -2.08. The van der Waals surface area contributed by atoms with E-state index < -0.39 is 0 Å². The number of phenolic OH excluding ortho intramolecular Hbond substituents is 1. The van der Waals surface area contributed by atoms with Crippen molar-refractivity contribution >= 4 is 0 Å². The minimum Gasteiger partial charge on any atom is -0.504 e. The van der Waals surface area contributed by atoms with Crippen LogP contribution in [-0.2, 0) is 6.42 Å². The number of nitrogens with zero attached hydrogens (tertiary/aromatic N) is 2. The first-order valence-electron chi connectivity index (χ1n) is 6.09. The number of rotatable bonds is 6. The van der Waals surface area contributed by atoms with Crippen LogP contribution in [0.2, 0.25) is 0 Å². The topological polar surface area (TPSA) is 80.4 Å². The van der Waals surface area contributed by atoms with E-state index in [0.29, 0.717) is 23.1 Å². The highest BCUT2D eigenvalue weighted by atomic mass is 16.5. The average molecular weight is 263 g/mol. The summed E-state index contributed by atoms with van der Waals surface area (Å²) in [4.78, 5) is 0. The van der Waals surface area contributed by atoms with Crippen LogP contribution in [-0.4, -0.2) is 36.0 Å². The lowest BCUT2D eigenvalue weighted by molar-refractivity contribution is 0.373. The number of benzene rings is 1. The molecule has 0 radical (unpaired) electrons. The molecule has 0 saturated heterocycles. The van der Waals surface area contributed by atoms with Gasteiger partial charge in [0.05, 0.1) is 7.11 Å². The van der Waals surface area contributed by atoms with Gasteiger partial charge in [0.15, 0.2) is 11.5 Å². The van der Waals surface area contributed by atoms with Gasteiger partial charge < -0.3 is 19.6 Å². The quantitative estimate of drug-likeness (QED) is 0.771. The minimum atomic E-state index is 0.0509. The van der Waals surface area contributed by atoms with Gasteiger partial charge in [0.25, 0.3) is 0 Å². The third kappa shape index (κ3) is 3.23. The number of nitrogens with one attached hydrogen (secondary N) is 1. The predicted octanol–water partition coefficient (Wildman–Crippen LogP) is 1.60. The zero-order valence-corrected chi connectivity index (χ0v) is 11.0. The van der Waals surface area contributed by atoms with E-state index in [2.05, 4.69) is 15.5 Å². The maximum atomic E-state index is 9.71. The number of phenols is 1. The van der Waals surface area contributed by atoms with Gasteiger partial charge in [0.1, 0.15) is 0 Å². The normalized spacial score (nSPS) is 10.6. The van der Waals surface area contributed by atoms with Crippen molar-refractivity contribution in [2.75, 3.05) is 20.7 Å². The van der Waals surface area contributed by atoms with Gasteiger partial charge in [-0.15, -0.1) is 10.2 Å². The molecule has 102 valence electrons. The molecule has 0 saturated carbocycles. The maximum absolute atomic E-state index is 9.71. The first kappa shape index (κ1) is 13.4. The fourth-order valence-corrected chi connectivity index (χ4v) is 1.71. The molecule has 0 spiro atoms. The highest BCUT2D eigenvalue weighted by molar-refractivity contribution is 5.59. The summed E-state index contributed by atoms with van der Waals surface area (Å²) in [5, 5.41) is 20.7. The molecular weight excluding hydrogens is 246 g/mol. The van der Waals surface area contributed by atoms with Gasteiger partial charge in [-0.1, -0.05) is 0 Å². The fraction of sp³-hybridized carbons (Fsp3) is 0.385. The van der Waals surface area contributed by atoms with E-state index in [1.165, 1.54) is 7.11 Å². The second kappa shape index (κ2) is 6.19. The van der Waals surface area contributed by atoms with Crippen molar-refractivity contribution in [1.29, 1.82) is 0 Å². The molecule has 0 bridgehead atoms. The number of hydrogen-bond acceptors (Lipinski definition) is 6. The third-order valence-corrected chi connectivity index (χ3v) is 2.71. The van der Waals surface area contributed by atoms with E-state index >= 15 is 0 Å². The molecule has 1 aromatic heterocycles. The fourth-order valence-electron chi connectivity index (χ4n) is 1.71. The van der Waals surface area contributed by atoms with Crippen molar-refractivity contribution in [3.63, 3.8) is 0 Å². The lowest BCUT2D eigenvalue weighted by Gasteiger charge is -2.03. The Morgan fingerprint density at radius 1 is 1.37 bits per heavy atom. The number of methoxy groups -OCH3 is 1. The van der Waals surface area contributed by atoms with Crippen LogP contribution in [0.5, 0.6) is 11.5 Å². The Labute approximate surface area is 111 Å². The van der Waals surface area contributed by atoms with Crippen LogP contribution in [0.1, 0.15) is 12.3 Å². The Balaban J connectivity index is 2.11. The Bertz CT molecular complexity index is 540. The summed E-state index contributed by atoms with van der Waals surface area (Å²) in [6, 6.07) is 4.97. The number of aromatic hydroxyl groups is 1. The van der Waals surface area contributed by atoms with Gasteiger partial charge in [0, 0.05) is 12.0 Å². The van der Waals surface area contributed by atoms with E-state index in [0.717, 1.165) is 19.4 Å². The third-order valence-electron chi connectivity index (χ3n) is 2.71. The number of ether oxygens (including phenoxy) is 1. The molecule has 0 unspecified atom stereocenters. The van der Waals surface area contributed by atoms with Gasteiger partial charge in [-0.2, -0.15) is 0 Å². The van der Waals surface area contributed by atoms with Gasteiger partial charge in [-0.3, -0.25) is 0 Å². The van der Waals surface area contributed by atoms with Gasteiger partial charge >= 0.3 is 0 Å². The summed E-state index contributed by atoms with van der Waals surface area (Å²) in [6.07, 6.45) is 1.67. The molecule has 6 nitrogen and oxygen atoms in total. The van der Waals surface area contributed by atoms with Crippen molar-refractivity contribution in [3.05, 3.63) is 24.1 Å². The van der Waals surface area contributed by atoms with Crippen LogP contribution < -0.4 is 10.1 Å². The Morgan fingerprint density at radius 3 is 2.89 bits per heavy atom. The van der Waals surface area contributed by atoms with Gasteiger partial charge in [-0.05, 0) is 38.2 Å². The molecule has 0 aliphatic heterocycles. The van der Waals surface area contributed by atoms with E-state index in [-0.39, 0.29) is 5.75 Å². The van der Waals surface area contributed by atoms with E-state index in [9.17, 15) is 5.11 Å². The summed E-state index contributed by atoms with van der Waals surface area (Å²) < 4.78 is 10.5. The first-order chi connectivity index (χ1) is 9.24. The molecule has 0 aliphatic rings. The number of aromatic nitrogens is 2. The zero-order valence-electron chi connectivity index (χ0n) is 11.0. The Morgan fingerprint density at radius 2 is 2.21 bits per heavy atom. The molecule has 0 amide bonds. The first-order valence-corrected chi connectivity index (χ1v) is 6.09. The van der Waals surface area contributed by atoms with Crippen LogP contribution in [0.3, 0.4) is 0 Å². The molecule has 2 aromatic rings. The molecule has 0 atom stereocenters. The Kier molecular flexibility index (Phi) is 4.35. The second-order valence-corrected chi connectivity index (χ2v) is 4.09. The van der Waals surface area contributed by atoms with Crippen LogP contribution in [0.25, 0.3) is 11.5 Å². The monoisotopic (exact) mass is 263 g/mol. The molecule has 0 fully saturated rings. The second-order valence-electron chi connectivity index (χ2n) is 4.09. The highest BCUT2D eigenvalue weighted by Gasteiger charge is 2.11. The van der Waals surface area contributed by atoms with Crippen molar-refractivity contribution in [2.45, 2.75) is 12.8 Å². The van der Waals surface area contributed by atoms with E-state index in [1.807, 2.05) is 7.05 Å². The molecule has 19 heavy (non-hydrogen) atoms. The molecule has 1 aromatic carbocycles. The SMILES string of the molecule is CNCCCc1nnc(-c2ccc(OC)c(O)c2)o1. The smallest absolute Gasteiger partial charge is 0.247 e. The van der Waals surface area contributed by atoms with Gasteiger partial charge in [0.2, 0.25) is 11.8 Å². The summed E-state index contributed by atoms with van der Waals surface area (Å²) in [5.41, 5.74) is 0.672. The molecular formula is C13H17N3O3. The van der Waals surface area contributed by atoms with Crippen molar-refractivity contribution in [2.24, 2.45) is 0 Å². The lowest BCUT2D eigenvalue weighted by atomic mass is 10.2. The summed E-state index contributed by atoms with van der Waals surface area (Å²) >= 11 is 0. The van der Waals surface area contributed by atoms with Crippen molar-refractivity contribution < 1.29 is 14.3 Å². The molecule has 2 rings (SSSR count). The van der Waals surface area contributed by atoms with Crippen molar-refractivity contribution in [3.8, 4) is 23.0 Å². The Hall–Kier alpha value is -2.08. The van der Waals surface area contributed by atoms with E-state index in [4.69, 9.17) is 9.15 Å². The molecule has 0 aliphatic carbocycles. The molecule has 2 N–H and O–H groups in total. The van der Waals surface area contributed by atoms with Crippen LogP contribution >= 0.6 is 0 Å². The minimum absolute atomic E-state index is 0.0509. The van der Waals surface area contributed by atoms with Crippen molar-refractivity contribution in [1.82, 2.24) is 15.5 Å². The highest BCUT2D eigenvalue weighted by Crippen LogP contribution is 2.30. The van der Waals surface area contributed by atoms with Crippen LogP contribution in [0.15, 0.2) is 22.6 Å². The molecule has 6 heteroatoms. The van der Waals surface area contributed by atoms with E-state index in [1.54, 1.807) is 18.2 Å². The zero-order chi connectivity index (χ0) is 13.7. The summed E-state index contributed by atoms with van der Waals surface area (Å²) in [6.45, 7) is 0.904. The predicted molar refractivity (Wildman–Crippen MR) is 70.2 cm³/mol. The van der Waals surface area contributed by atoms with Gasteiger partial charge in [-0.25, -0.2) is 0 Å².